The first-order chi connectivity index (χ1) is 10.1. The largest absolute Gasteiger partial charge is 0.457 e. The average molecular weight is 300 g/mol. The molecule has 0 spiro atoms. The number of nitrogens with one attached hydrogen (secondary N) is 1. The molecule has 3 aromatic rings. The van der Waals surface area contributed by atoms with E-state index in [1.807, 2.05) is 30.5 Å². The number of amides is 1. The van der Waals surface area contributed by atoms with Crippen LogP contribution in [-0.4, -0.2) is 16.9 Å². The number of fused-ring (bicyclic) bond motifs is 1. The van der Waals surface area contributed by atoms with Gasteiger partial charge in [0.1, 0.15) is 11.5 Å². The lowest BCUT2D eigenvalue weighted by atomic mass is 10.1. The summed E-state index contributed by atoms with van der Waals surface area (Å²) in [6.45, 7) is 0.178. The summed E-state index contributed by atoms with van der Waals surface area (Å²) in [5.74, 6) is -1.01. The van der Waals surface area contributed by atoms with E-state index in [-0.39, 0.29) is 6.61 Å². The number of nitrogens with two attached hydrogens (primary N) is 1. The third kappa shape index (κ3) is 2.66. The highest BCUT2D eigenvalue weighted by molar-refractivity contribution is 7.12. The second kappa shape index (κ2) is 5.41. The summed E-state index contributed by atoms with van der Waals surface area (Å²) in [6, 6.07) is 9.16. The first kappa shape index (κ1) is 13.4. The first-order valence-electron chi connectivity index (χ1n) is 6.25. The van der Waals surface area contributed by atoms with Crippen molar-refractivity contribution in [1.29, 1.82) is 0 Å². The molecule has 0 saturated carbocycles. The summed E-state index contributed by atoms with van der Waals surface area (Å²) in [5, 5.41) is 2.57. The molecule has 0 bridgehead atoms. The standard InChI is InChI=1S/C15H12N2O3S/c16-14(18)10-6-13(21-8-10)15(19)20-7-9-2-1-3-12-11(9)4-5-17-12/h1-6,8,17H,7H2,(H2,16,18). The van der Waals surface area contributed by atoms with Gasteiger partial charge in [0.2, 0.25) is 5.91 Å². The maximum Gasteiger partial charge on any atom is 0.348 e. The zero-order valence-electron chi connectivity index (χ0n) is 11.0. The van der Waals surface area contributed by atoms with Crippen molar-refractivity contribution >= 4 is 34.1 Å². The minimum Gasteiger partial charge on any atom is -0.457 e. The molecule has 3 N–H and O–H groups in total. The van der Waals surface area contributed by atoms with E-state index in [4.69, 9.17) is 10.5 Å². The van der Waals surface area contributed by atoms with Gasteiger partial charge in [-0.05, 0) is 23.8 Å². The molecule has 3 rings (SSSR count). The Morgan fingerprint density at radius 3 is 2.90 bits per heavy atom. The van der Waals surface area contributed by atoms with Crippen LogP contribution in [0.4, 0.5) is 0 Å². The molecule has 0 saturated heterocycles. The Labute approximate surface area is 124 Å². The van der Waals surface area contributed by atoms with Crippen molar-refractivity contribution in [3.05, 3.63) is 57.9 Å². The number of ether oxygens (including phenoxy) is 1. The number of rotatable bonds is 4. The molecule has 2 heterocycles. The number of aromatic nitrogens is 1. The highest BCUT2D eigenvalue weighted by Crippen LogP contribution is 2.20. The van der Waals surface area contributed by atoms with E-state index in [9.17, 15) is 9.59 Å². The number of primary amides is 1. The van der Waals surface area contributed by atoms with Crippen LogP contribution in [0.15, 0.2) is 41.9 Å². The monoisotopic (exact) mass is 300 g/mol. The van der Waals surface area contributed by atoms with Gasteiger partial charge in [0.15, 0.2) is 0 Å². The summed E-state index contributed by atoms with van der Waals surface area (Å²) in [5.41, 5.74) is 7.39. The van der Waals surface area contributed by atoms with Gasteiger partial charge in [-0.15, -0.1) is 11.3 Å². The molecule has 106 valence electrons. The normalized spacial score (nSPS) is 10.7. The van der Waals surface area contributed by atoms with E-state index in [0.29, 0.717) is 10.4 Å². The fourth-order valence-electron chi connectivity index (χ4n) is 2.06. The van der Waals surface area contributed by atoms with Crippen molar-refractivity contribution in [1.82, 2.24) is 4.98 Å². The molecule has 0 unspecified atom stereocenters. The van der Waals surface area contributed by atoms with Gasteiger partial charge in [-0.2, -0.15) is 0 Å². The molecule has 0 fully saturated rings. The molecule has 6 heteroatoms. The van der Waals surface area contributed by atoms with Crippen LogP contribution in [0.1, 0.15) is 25.6 Å². The zero-order chi connectivity index (χ0) is 14.8. The van der Waals surface area contributed by atoms with Gasteiger partial charge in [0.05, 0.1) is 5.56 Å². The SMILES string of the molecule is NC(=O)c1csc(C(=O)OCc2cccc3[nH]ccc23)c1. The van der Waals surface area contributed by atoms with Crippen molar-refractivity contribution in [2.45, 2.75) is 6.61 Å². The number of carbonyl (C=O) groups is 2. The quantitative estimate of drug-likeness (QED) is 0.726. The smallest absolute Gasteiger partial charge is 0.348 e. The van der Waals surface area contributed by atoms with E-state index in [1.54, 1.807) is 5.38 Å². The Bertz CT molecular complexity index is 819. The first-order valence-corrected chi connectivity index (χ1v) is 7.13. The predicted octanol–water partition coefficient (Wildman–Crippen LogP) is 2.69. The summed E-state index contributed by atoms with van der Waals surface area (Å²) >= 11 is 1.14. The van der Waals surface area contributed by atoms with E-state index in [0.717, 1.165) is 27.8 Å². The van der Waals surface area contributed by atoms with Gasteiger partial charge in [-0.25, -0.2) is 4.79 Å². The van der Waals surface area contributed by atoms with Crippen molar-refractivity contribution in [3.63, 3.8) is 0 Å². The van der Waals surface area contributed by atoms with Gasteiger partial charge in [-0.3, -0.25) is 4.79 Å². The molecule has 1 aromatic carbocycles. The van der Waals surface area contributed by atoms with Crippen LogP contribution in [0.2, 0.25) is 0 Å². The topological polar surface area (TPSA) is 85.2 Å². The van der Waals surface area contributed by atoms with E-state index in [1.165, 1.54) is 6.07 Å². The Morgan fingerprint density at radius 2 is 2.14 bits per heavy atom. The lowest BCUT2D eigenvalue weighted by Gasteiger charge is -2.05. The fraction of sp³-hybridized carbons (Fsp3) is 0.0667. The second-order valence-electron chi connectivity index (χ2n) is 4.50. The molecule has 0 aliphatic heterocycles. The Balaban J connectivity index is 1.73. The molecular formula is C15H12N2O3S. The van der Waals surface area contributed by atoms with E-state index < -0.39 is 11.9 Å². The number of carbonyl (C=O) groups excluding carboxylic acids is 2. The minimum absolute atomic E-state index is 0.178. The fourth-order valence-corrected chi connectivity index (χ4v) is 2.85. The average Bonchev–Trinajstić information content (AvgIpc) is 3.13. The van der Waals surface area contributed by atoms with Crippen LogP contribution in [0.25, 0.3) is 10.9 Å². The van der Waals surface area contributed by atoms with Crippen molar-refractivity contribution in [2.24, 2.45) is 5.73 Å². The number of hydrogen-bond donors (Lipinski definition) is 2. The van der Waals surface area contributed by atoms with Crippen LogP contribution in [0, 0.1) is 0 Å². The van der Waals surface area contributed by atoms with Gasteiger partial charge in [-0.1, -0.05) is 12.1 Å². The summed E-state index contributed by atoms with van der Waals surface area (Å²) in [6.07, 6.45) is 1.84. The van der Waals surface area contributed by atoms with Crippen LogP contribution in [-0.2, 0) is 11.3 Å². The molecule has 0 radical (unpaired) electrons. The van der Waals surface area contributed by atoms with Crippen molar-refractivity contribution in [2.75, 3.05) is 0 Å². The molecule has 2 aromatic heterocycles. The molecule has 5 nitrogen and oxygen atoms in total. The van der Waals surface area contributed by atoms with Gasteiger partial charge in [0.25, 0.3) is 0 Å². The molecule has 0 aliphatic rings. The number of aromatic amines is 1. The molecular weight excluding hydrogens is 288 g/mol. The van der Waals surface area contributed by atoms with Gasteiger partial charge < -0.3 is 15.5 Å². The van der Waals surface area contributed by atoms with Crippen LogP contribution >= 0.6 is 11.3 Å². The second-order valence-corrected chi connectivity index (χ2v) is 5.41. The predicted molar refractivity (Wildman–Crippen MR) is 80.3 cm³/mol. The maximum atomic E-state index is 12.0. The van der Waals surface area contributed by atoms with E-state index >= 15 is 0 Å². The molecule has 1 amide bonds. The van der Waals surface area contributed by atoms with Crippen molar-refractivity contribution in [3.8, 4) is 0 Å². The summed E-state index contributed by atoms with van der Waals surface area (Å²) < 4.78 is 5.29. The number of H-pyrrole nitrogens is 1. The molecule has 0 atom stereocenters. The number of esters is 1. The molecule has 0 aliphatic carbocycles. The Morgan fingerprint density at radius 1 is 1.29 bits per heavy atom. The van der Waals surface area contributed by atoms with Crippen LogP contribution < -0.4 is 5.73 Å². The summed E-state index contributed by atoms with van der Waals surface area (Å²) in [7, 11) is 0. The van der Waals surface area contributed by atoms with Crippen LogP contribution in [0.5, 0.6) is 0 Å². The number of thiophene rings is 1. The van der Waals surface area contributed by atoms with Gasteiger partial charge in [0, 0.05) is 22.5 Å². The third-order valence-corrected chi connectivity index (χ3v) is 4.04. The number of hydrogen-bond acceptors (Lipinski definition) is 4. The minimum atomic E-state index is -0.553. The number of benzene rings is 1. The lowest BCUT2D eigenvalue weighted by Crippen LogP contribution is -2.09. The molecule has 21 heavy (non-hydrogen) atoms. The van der Waals surface area contributed by atoms with Crippen molar-refractivity contribution < 1.29 is 14.3 Å². The Hall–Kier alpha value is -2.60. The highest BCUT2D eigenvalue weighted by Gasteiger charge is 2.13. The maximum absolute atomic E-state index is 12.0. The third-order valence-electron chi connectivity index (χ3n) is 3.13. The zero-order valence-corrected chi connectivity index (χ0v) is 11.8. The Kier molecular flexibility index (Phi) is 3.45. The highest BCUT2D eigenvalue weighted by atomic mass is 32.1. The summed E-state index contributed by atoms with van der Waals surface area (Å²) in [4.78, 5) is 26.4. The van der Waals surface area contributed by atoms with Gasteiger partial charge >= 0.3 is 5.97 Å². The lowest BCUT2D eigenvalue weighted by molar-refractivity contribution is 0.0480. The van der Waals surface area contributed by atoms with Crippen LogP contribution in [0.3, 0.4) is 0 Å². The van der Waals surface area contributed by atoms with E-state index in [2.05, 4.69) is 4.98 Å².